The number of rotatable bonds is 1. The number of hydrogen-bond donors (Lipinski definition) is 0. The third kappa shape index (κ3) is 0.996. The van der Waals surface area contributed by atoms with Gasteiger partial charge in [0.15, 0.2) is 6.29 Å². The van der Waals surface area contributed by atoms with Crippen molar-refractivity contribution >= 4 is 17.1 Å². The topological polar surface area (TPSA) is 17.1 Å². The molecule has 0 amide bonds. The summed E-state index contributed by atoms with van der Waals surface area (Å²) in [6, 6.07) is 13.6. The number of fused-ring (bicyclic) bond motifs is 1. The van der Waals surface area contributed by atoms with Crippen molar-refractivity contribution < 1.29 is 6.22 Å². The minimum absolute atomic E-state index is 0. The van der Waals surface area contributed by atoms with Crippen molar-refractivity contribution in [3.8, 4) is 0 Å². The summed E-state index contributed by atoms with van der Waals surface area (Å²) in [6.07, 6.45) is 0.891. The summed E-state index contributed by atoms with van der Waals surface area (Å²) in [7, 11) is 0. The standard InChI is InChI=1S/C11H8O/c12-8-10-6-3-5-9-4-1-2-7-11(9)10/h1-8H/p+1. The molecule has 0 heterocycles. The molecule has 0 spiro atoms. The highest BCUT2D eigenvalue weighted by Crippen LogP contribution is 2.16. The van der Waals surface area contributed by atoms with Gasteiger partial charge in [-0.2, -0.15) is 0 Å². The van der Waals surface area contributed by atoms with Crippen molar-refractivity contribution in [2.45, 2.75) is 0 Å². The Morgan fingerprint density at radius 3 is 2.58 bits per heavy atom. The Labute approximate surface area is 72.1 Å². The van der Waals surface area contributed by atoms with Gasteiger partial charge in [0, 0.05) is 5.56 Å². The van der Waals surface area contributed by atoms with Crippen molar-refractivity contribution in [3.05, 3.63) is 48.0 Å². The molecule has 1 heteroatoms. The van der Waals surface area contributed by atoms with Crippen molar-refractivity contribution in [1.29, 1.82) is 0 Å². The number of carbonyl (C=O) groups excluding carboxylic acids is 1. The molecule has 0 N–H and O–H groups in total. The van der Waals surface area contributed by atoms with E-state index >= 15 is 0 Å². The molecule has 0 aromatic heterocycles. The van der Waals surface area contributed by atoms with E-state index in [2.05, 4.69) is 0 Å². The van der Waals surface area contributed by atoms with E-state index in [1.54, 1.807) is 0 Å². The zero-order valence-electron chi connectivity index (χ0n) is 7.53. The average Bonchev–Trinajstić information content (AvgIpc) is 2.17. The average molecular weight is 157 g/mol. The fourth-order valence-electron chi connectivity index (χ4n) is 1.35. The van der Waals surface area contributed by atoms with Crippen molar-refractivity contribution in [1.82, 2.24) is 0 Å². The monoisotopic (exact) mass is 157 g/mol. The first-order valence-corrected chi connectivity index (χ1v) is 3.85. The summed E-state index contributed by atoms with van der Waals surface area (Å²) in [5.74, 6) is 0. The number of hydrogen-bond acceptors (Lipinski definition) is 1. The summed E-state index contributed by atoms with van der Waals surface area (Å²) in [5, 5.41) is 2.14. The van der Waals surface area contributed by atoms with Gasteiger partial charge in [-0.15, -0.1) is 0 Å². The molecule has 12 heavy (non-hydrogen) atoms. The van der Waals surface area contributed by atoms with Gasteiger partial charge in [0.2, 0.25) is 0 Å². The van der Waals surface area contributed by atoms with Crippen molar-refractivity contribution in [2.24, 2.45) is 0 Å². The zero-order valence-corrected chi connectivity index (χ0v) is 6.53. The second-order valence-electron chi connectivity index (χ2n) is 2.69. The molecule has 0 radical (unpaired) electrons. The molecule has 0 atom stereocenters. The van der Waals surface area contributed by atoms with Crippen LogP contribution in [0.25, 0.3) is 10.8 Å². The molecule has 1 nitrogen and oxygen atoms in total. The molecule has 0 aliphatic heterocycles. The maximum Gasteiger partial charge on any atom is 1.00 e. The largest absolute Gasteiger partial charge is 1.00 e. The van der Waals surface area contributed by atoms with Crippen molar-refractivity contribution in [2.75, 3.05) is 0 Å². The first-order chi connectivity index (χ1) is 5.92. The van der Waals surface area contributed by atoms with Gasteiger partial charge in [0.1, 0.15) is 0 Å². The van der Waals surface area contributed by atoms with E-state index in [-0.39, 0.29) is 1.43 Å². The summed E-state index contributed by atoms with van der Waals surface area (Å²) in [6.45, 7) is 0. The van der Waals surface area contributed by atoms with Crippen LogP contribution in [0.4, 0.5) is 0 Å². The lowest BCUT2D eigenvalue weighted by molar-refractivity contribution is 0.112. The lowest BCUT2D eigenvalue weighted by Gasteiger charge is -1.98. The van der Waals surface area contributed by atoms with Gasteiger partial charge in [-0.3, -0.25) is 4.79 Å². The molecule has 0 aliphatic carbocycles. The second kappa shape index (κ2) is 2.78. The molecule has 0 fully saturated rings. The Kier molecular flexibility index (Phi) is 1.63. The van der Waals surface area contributed by atoms with Crippen LogP contribution >= 0.6 is 0 Å². The van der Waals surface area contributed by atoms with Crippen LogP contribution in [0.2, 0.25) is 0 Å². The van der Waals surface area contributed by atoms with Gasteiger partial charge in [-0.25, -0.2) is 0 Å². The maximum absolute atomic E-state index is 10.6. The first-order valence-electron chi connectivity index (χ1n) is 3.85. The molecule has 0 saturated carbocycles. The van der Waals surface area contributed by atoms with Gasteiger partial charge in [-0.05, 0) is 10.8 Å². The highest BCUT2D eigenvalue weighted by Gasteiger charge is 1.96. The lowest BCUT2D eigenvalue weighted by Crippen LogP contribution is -1.81. The van der Waals surface area contributed by atoms with E-state index in [0.717, 1.165) is 22.6 Å². The minimum Gasteiger partial charge on any atom is -0.298 e. The van der Waals surface area contributed by atoms with E-state index < -0.39 is 0 Å². The molecular weight excluding hydrogens is 148 g/mol. The number of aldehydes is 1. The minimum atomic E-state index is 0. The summed E-state index contributed by atoms with van der Waals surface area (Å²) in [4.78, 5) is 10.6. The molecular formula is C11H9O+. The van der Waals surface area contributed by atoms with E-state index in [9.17, 15) is 4.79 Å². The quantitative estimate of drug-likeness (QED) is 0.582. The molecule has 0 saturated heterocycles. The lowest BCUT2D eigenvalue weighted by atomic mass is 10.1. The Bertz CT molecular complexity index is 418. The van der Waals surface area contributed by atoms with Crippen LogP contribution in [0.1, 0.15) is 11.8 Å². The molecule has 0 aliphatic rings. The molecule has 2 rings (SSSR count). The molecule has 2 aromatic rings. The predicted octanol–water partition coefficient (Wildman–Crippen LogP) is 2.76. The highest BCUT2D eigenvalue weighted by molar-refractivity contribution is 5.97. The Balaban J connectivity index is 0.000000845. The third-order valence-electron chi connectivity index (χ3n) is 1.95. The summed E-state index contributed by atoms with van der Waals surface area (Å²) >= 11 is 0. The van der Waals surface area contributed by atoms with Crippen LogP contribution in [-0.2, 0) is 0 Å². The first kappa shape index (κ1) is 7.04. The number of carbonyl (C=O) groups is 1. The van der Waals surface area contributed by atoms with E-state index in [1.807, 2.05) is 42.5 Å². The van der Waals surface area contributed by atoms with Crippen LogP contribution in [0.5, 0.6) is 0 Å². The van der Waals surface area contributed by atoms with Gasteiger partial charge in [0.25, 0.3) is 0 Å². The van der Waals surface area contributed by atoms with E-state index in [0.29, 0.717) is 0 Å². The van der Waals surface area contributed by atoms with Crippen LogP contribution < -0.4 is 0 Å². The summed E-state index contributed by atoms with van der Waals surface area (Å²) < 4.78 is 0. The van der Waals surface area contributed by atoms with Crippen LogP contribution in [0.3, 0.4) is 0 Å². The predicted molar refractivity (Wildman–Crippen MR) is 50.4 cm³/mol. The van der Waals surface area contributed by atoms with Gasteiger partial charge < -0.3 is 0 Å². The number of benzene rings is 2. The van der Waals surface area contributed by atoms with E-state index in [4.69, 9.17) is 0 Å². The van der Waals surface area contributed by atoms with Gasteiger partial charge >= 0.3 is 1.43 Å². The van der Waals surface area contributed by atoms with Crippen molar-refractivity contribution in [3.63, 3.8) is 0 Å². The molecule has 0 bridgehead atoms. The summed E-state index contributed by atoms with van der Waals surface area (Å²) in [5.41, 5.74) is 0.758. The SMILES string of the molecule is O=Cc1cccc2ccccc12.[H+]. The van der Waals surface area contributed by atoms with E-state index in [1.165, 1.54) is 0 Å². The second-order valence-corrected chi connectivity index (χ2v) is 2.69. The third-order valence-corrected chi connectivity index (χ3v) is 1.95. The van der Waals surface area contributed by atoms with Crippen LogP contribution in [0.15, 0.2) is 42.5 Å². The van der Waals surface area contributed by atoms with Crippen LogP contribution in [0, 0.1) is 0 Å². The van der Waals surface area contributed by atoms with Crippen LogP contribution in [-0.4, -0.2) is 6.29 Å². The fraction of sp³-hybridized carbons (Fsp3) is 0. The Morgan fingerprint density at radius 1 is 1.00 bits per heavy atom. The zero-order chi connectivity index (χ0) is 8.39. The highest BCUT2D eigenvalue weighted by atomic mass is 16.1. The Morgan fingerprint density at radius 2 is 1.75 bits per heavy atom. The fourth-order valence-corrected chi connectivity index (χ4v) is 1.35. The molecule has 0 unspecified atom stereocenters. The normalized spacial score (nSPS) is 10.0. The maximum atomic E-state index is 10.6. The van der Waals surface area contributed by atoms with Gasteiger partial charge in [0.05, 0.1) is 0 Å². The Hall–Kier alpha value is -1.63. The molecule has 58 valence electrons. The molecule has 2 aromatic carbocycles. The van der Waals surface area contributed by atoms with Gasteiger partial charge in [-0.1, -0.05) is 42.5 Å². The smallest absolute Gasteiger partial charge is 0.298 e.